The van der Waals surface area contributed by atoms with Gasteiger partial charge in [0.05, 0.1) is 24.6 Å². The maximum Gasteiger partial charge on any atom is 0.0862 e. The number of nitrogen functional groups attached to an aromatic ring is 1. The fraction of sp³-hybridized carbons (Fsp3) is 0.217. The van der Waals surface area contributed by atoms with Crippen molar-refractivity contribution in [1.82, 2.24) is 4.90 Å². The first-order chi connectivity index (χ1) is 14.5. The van der Waals surface area contributed by atoms with Crippen LogP contribution in [0.15, 0.2) is 54.4 Å². The van der Waals surface area contributed by atoms with Crippen molar-refractivity contribution < 1.29 is 4.74 Å². The minimum atomic E-state index is 0.161. The summed E-state index contributed by atoms with van der Waals surface area (Å²) in [4.78, 5) is 2.36. The smallest absolute Gasteiger partial charge is 0.0862 e. The molecule has 6 nitrogen and oxygen atoms in total. The molecule has 0 radical (unpaired) electrons. The van der Waals surface area contributed by atoms with Gasteiger partial charge in [-0.25, -0.2) is 0 Å². The monoisotopic (exact) mass is 421 g/mol. The van der Waals surface area contributed by atoms with Crippen molar-refractivity contribution in [1.29, 1.82) is 5.41 Å². The average Bonchev–Trinajstić information content (AvgIpc) is 2.76. The van der Waals surface area contributed by atoms with E-state index in [0.717, 1.165) is 44.0 Å². The molecule has 1 fully saturated rings. The van der Waals surface area contributed by atoms with E-state index in [2.05, 4.69) is 17.0 Å². The molecule has 1 heterocycles. The number of anilines is 1. The van der Waals surface area contributed by atoms with E-state index in [1.54, 1.807) is 18.2 Å². The maximum absolute atomic E-state index is 8.55. The number of thiocarbonyl (C=S) groups is 1. The molecule has 3 rings (SSSR count). The Balaban J connectivity index is 1.81. The fourth-order valence-corrected chi connectivity index (χ4v) is 3.58. The second kappa shape index (κ2) is 10.2. The van der Waals surface area contributed by atoms with Gasteiger partial charge in [-0.15, -0.1) is 0 Å². The highest BCUT2D eigenvalue weighted by atomic mass is 32.1. The number of benzene rings is 2. The molecule has 7 N–H and O–H groups in total. The van der Waals surface area contributed by atoms with Crippen molar-refractivity contribution >= 4 is 40.6 Å². The number of hydrogen-bond donors (Lipinski definition) is 4. The van der Waals surface area contributed by atoms with E-state index in [-0.39, 0.29) is 5.71 Å². The predicted octanol–water partition coefficient (Wildman–Crippen LogP) is 2.77. The summed E-state index contributed by atoms with van der Waals surface area (Å²) in [7, 11) is 0. The third-order valence-electron chi connectivity index (χ3n) is 5.03. The Labute approximate surface area is 182 Å². The van der Waals surface area contributed by atoms with Crippen molar-refractivity contribution in [3.05, 3.63) is 76.6 Å². The second-order valence-electron chi connectivity index (χ2n) is 7.15. The minimum absolute atomic E-state index is 0.161. The molecule has 0 spiro atoms. The van der Waals surface area contributed by atoms with Crippen LogP contribution in [0.4, 0.5) is 5.69 Å². The number of nitrogens with two attached hydrogens (primary N) is 3. The Hall–Kier alpha value is -3.00. The molecule has 7 heteroatoms. The zero-order chi connectivity index (χ0) is 21.5. The molecule has 0 aromatic heterocycles. The lowest BCUT2D eigenvalue weighted by Gasteiger charge is -2.26. The Bertz CT molecular complexity index is 993. The van der Waals surface area contributed by atoms with Gasteiger partial charge in [0.2, 0.25) is 0 Å². The first-order valence-electron chi connectivity index (χ1n) is 9.74. The molecule has 0 bridgehead atoms. The fourth-order valence-electron chi connectivity index (χ4n) is 3.36. The number of allylic oxidation sites excluding steroid dienone is 2. The number of morpholine rings is 1. The number of rotatable bonds is 7. The molecule has 0 amide bonds. The number of nitrogens with zero attached hydrogens (tertiary/aromatic N) is 1. The first kappa shape index (κ1) is 21.7. The molecule has 2 aromatic carbocycles. The van der Waals surface area contributed by atoms with Crippen LogP contribution in [-0.2, 0) is 11.3 Å². The third kappa shape index (κ3) is 5.33. The molecule has 30 heavy (non-hydrogen) atoms. The van der Waals surface area contributed by atoms with Gasteiger partial charge in [-0.3, -0.25) is 10.3 Å². The Morgan fingerprint density at radius 2 is 1.93 bits per heavy atom. The number of ether oxygens (including phenoxy) is 1. The first-order valence-corrected chi connectivity index (χ1v) is 10.2. The summed E-state index contributed by atoms with van der Waals surface area (Å²) in [6.45, 7) is 4.28. The zero-order valence-electron chi connectivity index (χ0n) is 16.8. The van der Waals surface area contributed by atoms with Crippen molar-refractivity contribution in [2.24, 2.45) is 11.5 Å². The van der Waals surface area contributed by atoms with E-state index in [1.807, 2.05) is 18.2 Å². The van der Waals surface area contributed by atoms with Crippen LogP contribution in [0.1, 0.15) is 22.3 Å². The summed E-state index contributed by atoms with van der Waals surface area (Å²) in [6.07, 6.45) is 3.24. The summed E-state index contributed by atoms with van der Waals surface area (Å²) >= 11 is 5.00. The van der Waals surface area contributed by atoms with Gasteiger partial charge >= 0.3 is 0 Å². The van der Waals surface area contributed by atoms with E-state index in [9.17, 15) is 0 Å². The molecule has 156 valence electrons. The van der Waals surface area contributed by atoms with E-state index in [1.165, 1.54) is 17.1 Å². The molecular formula is C23H27N5OS. The van der Waals surface area contributed by atoms with Gasteiger partial charge in [-0.05, 0) is 34.9 Å². The van der Waals surface area contributed by atoms with Crippen LogP contribution in [0.5, 0.6) is 0 Å². The van der Waals surface area contributed by atoms with Crippen molar-refractivity contribution in [3.63, 3.8) is 0 Å². The standard InChI is InChI=1S/C23H27N5OS/c24-13-19(15-30)18-4-5-21(25)20(12-18)23(27)22(26)11-16-2-1-3-17(10-16)14-28-6-8-29-9-7-28/h1-5,10-13,15,27H,6-9,14,24-26H2/b19-13+,22-11-,27-23?. The third-order valence-corrected chi connectivity index (χ3v) is 5.29. The Kier molecular flexibility index (Phi) is 7.35. The van der Waals surface area contributed by atoms with Gasteiger partial charge < -0.3 is 21.9 Å². The normalized spacial score (nSPS) is 15.7. The number of nitrogens with one attached hydrogen (secondary N) is 1. The molecule has 2 aromatic rings. The van der Waals surface area contributed by atoms with Gasteiger partial charge in [-0.2, -0.15) is 0 Å². The lowest BCUT2D eigenvalue weighted by molar-refractivity contribution is 0.0342. The van der Waals surface area contributed by atoms with E-state index >= 15 is 0 Å². The number of hydrogen-bond acceptors (Lipinski definition) is 7. The van der Waals surface area contributed by atoms with E-state index < -0.39 is 0 Å². The summed E-state index contributed by atoms with van der Waals surface area (Å²) in [5, 5.41) is 10.1. The zero-order valence-corrected chi connectivity index (χ0v) is 17.6. The topological polar surface area (TPSA) is 114 Å². The molecule has 0 aliphatic carbocycles. The molecular weight excluding hydrogens is 394 g/mol. The largest absolute Gasteiger partial charge is 0.404 e. The second-order valence-corrected chi connectivity index (χ2v) is 7.39. The van der Waals surface area contributed by atoms with Crippen LogP contribution in [-0.4, -0.2) is 42.3 Å². The van der Waals surface area contributed by atoms with Crippen LogP contribution in [0.25, 0.3) is 11.6 Å². The van der Waals surface area contributed by atoms with Gasteiger partial charge in [0.25, 0.3) is 0 Å². The Morgan fingerprint density at radius 3 is 2.63 bits per heavy atom. The van der Waals surface area contributed by atoms with Gasteiger partial charge in [0.15, 0.2) is 0 Å². The van der Waals surface area contributed by atoms with E-state index in [4.69, 9.17) is 39.6 Å². The minimum Gasteiger partial charge on any atom is -0.404 e. The highest BCUT2D eigenvalue weighted by molar-refractivity contribution is 7.79. The predicted molar refractivity (Wildman–Crippen MR) is 128 cm³/mol. The molecule has 0 saturated carbocycles. The summed E-state index contributed by atoms with van der Waals surface area (Å²) in [5.41, 5.74) is 23.1. The van der Waals surface area contributed by atoms with Crippen LogP contribution < -0.4 is 17.2 Å². The van der Waals surface area contributed by atoms with Crippen LogP contribution in [0, 0.1) is 5.41 Å². The lowest BCUT2D eigenvalue weighted by Crippen LogP contribution is -2.35. The van der Waals surface area contributed by atoms with Gasteiger partial charge in [0.1, 0.15) is 0 Å². The van der Waals surface area contributed by atoms with Crippen LogP contribution in [0.3, 0.4) is 0 Å². The summed E-state index contributed by atoms with van der Waals surface area (Å²) in [5.74, 6) is 0. The average molecular weight is 422 g/mol. The Morgan fingerprint density at radius 1 is 1.17 bits per heavy atom. The maximum atomic E-state index is 8.55. The molecule has 0 atom stereocenters. The quantitative estimate of drug-likeness (QED) is 0.237. The van der Waals surface area contributed by atoms with E-state index in [0.29, 0.717) is 22.5 Å². The lowest BCUT2D eigenvalue weighted by atomic mass is 9.98. The highest BCUT2D eigenvalue weighted by Crippen LogP contribution is 2.22. The van der Waals surface area contributed by atoms with Crippen molar-refractivity contribution in [2.45, 2.75) is 6.54 Å². The van der Waals surface area contributed by atoms with Crippen molar-refractivity contribution in [2.75, 3.05) is 32.0 Å². The molecule has 1 saturated heterocycles. The molecule has 0 unspecified atom stereocenters. The van der Waals surface area contributed by atoms with Crippen LogP contribution in [0.2, 0.25) is 0 Å². The SMILES string of the molecule is N=C(/C(N)=C/c1cccc(CN2CCOCC2)c1)c1cc(/C(C=S)=C/N)ccc1N. The summed E-state index contributed by atoms with van der Waals surface area (Å²) in [6, 6.07) is 13.5. The molecule has 1 aliphatic heterocycles. The van der Waals surface area contributed by atoms with Crippen LogP contribution >= 0.6 is 12.2 Å². The highest BCUT2D eigenvalue weighted by Gasteiger charge is 2.13. The van der Waals surface area contributed by atoms with Gasteiger partial charge in [-0.1, -0.05) is 42.5 Å². The molecule has 1 aliphatic rings. The summed E-state index contributed by atoms with van der Waals surface area (Å²) < 4.78 is 5.41. The van der Waals surface area contributed by atoms with Crippen molar-refractivity contribution in [3.8, 4) is 0 Å². The van der Waals surface area contributed by atoms with Gasteiger partial charge in [0, 0.05) is 48.0 Å².